The van der Waals surface area contributed by atoms with Crippen LogP contribution in [0.15, 0.2) is 29.7 Å². The van der Waals surface area contributed by atoms with Gasteiger partial charge in [0.1, 0.15) is 0 Å². The van der Waals surface area contributed by atoms with Gasteiger partial charge in [-0.2, -0.15) is 0 Å². The molecule has 0 N–H and O–H groups in total. The van der Waals surface area contributed by atoms with Gasteiger partial charge in [0.25, 0.3) is 0 Å². The van der Waals surface area contributed by atoms with E-state index in [1.807, 2.05) is 60.6 Å². The minimum absolute atomic E-state index is 0.718. The summed E-state index contributed by atoms with van der Waals surface area (Å²) in [6, 6.07) is 0. The monoisotopic (exact) mass is 283 g/mol. The van der Waals surface area contributed by atoms with Gasteiger partial charge >= 0.3 is 0 Å². The van der Waals surface area contributed by atoms with E-state index in [9.17, 15) is 0 Å². The molecule has 1 aromatic rings. The molecule has 0 atom stereocenters. The van der Waals surface area contributed by atoms with Crippen molar-refractivity contribution in [2.24, 2.45) is 5.92 Å². The molecule has 1 rings (SSSR count). The van der Waals surface area contributed by atoms with E-state index in [4.69, 9.17) is 0 Å². The minimum Gasteiger partial charge on any atom is -0.247 e. The lowest BCUT2D eigenvalue weighted by molar-refractivity contribution is 0.830. The predicted octanol–water partition coefficient (Wildman–Crippen LogP) is 6.59. The van der Waals surface area contributed by atoms with E-state index < -0.39 is 0 Å². The maximum atomic E-state index is 4.13. The van der Waals surface area contributed by atoms with E-state index in [1.165, 1.54) is 0 Å². The first kappa shape index (κ1) is 23.2. The zero-order valence-electron chi connectivity index (χ0n) is 14.3. The number of allylic oxidation sites excluding steroid dienone is 4. The largest absolute Gasteiger partial charge is 0.247 e. The number of rotatable bonds is 1. The van der Waals surface area contributed by atoms with E-state index in [2.05, 4.69) is 36.4 Å². The fourth-order valence-corrected chi connectivity index (χ4v) is 1.45. The van der Waals surface area contributed by atoms with E-state index in [0.717, 1.165) is 16.6 Å². The lowest BCUT2D eigenvalue weighted by Crippen LogP contribution is -1.73. The second-order valence-corrected chi connectivity index (χ2v) is 5.01. The highest BCUT2D eigenvalue weighted by Crippen LogP contribution is 2.04. The molecule has 0 aliphatic rings. The Bertz CT molecular complexity index is 288. The highest BCUT2D eigenvalue weighted by molar-refractivity contribution is 7.09. The van der Waals surface area contributed by atoms with Crippen molar-refractivity contribution in [3.63, 3.8) is 0 Å². The Balaban J connectivity index is -0.000000196. The molecule has 0 bridgehead atoms. The van der Waals surface area contributed by atoms with Crippen LogP contribution in [0.1, 0.15) is 59.2 Å². The molecular formula is C17H33NS. The van der Waals surface area contributed by atoms with Crippen molar-refractivity contribution in [3.8, 4) is 0 Å². The first-order valence-electron chi connectivity index (χ1n) is 7.06. The Morgan fingerprint density at radius 3 is 1.53 bits per heavy atom. The van der Waals surface area contributed by atoms with Crippen molar-refractivity contribution < 1.29 is 0 Å². The second-order valence-electron chi connectivity index (χ2n) is 3.94. The molecule has 1 aromatic heterocycles. The van der Waals surface area contributed by atoms with Gasteiger partial charge in [0.15, 0.2) is 0 Å². The van der Waals surface area contributed by atoms with Gasteiger partial charge in [-0.05, 0) is 40.5 Å². The van der Waals surface area contributed by atoms with Crippen LogP contribution in [0, 0.1) is 19.8 Å². The Hall–Kier alpha value is -0.890. The summed E-state index contributed by atoms with van der Waals surface area (Å²) in [7, 11) is 0. The maximum absolute atomic E-state index is 4.13. The van der Waals surface area contributed by atoms with Crippen molar-refractivity contribution >= 4 is 11.3 Å². The van der Waals surface area contributed by atoms with E-state index >= 15 is 0 Å². The molecule has 0 saturated heterocycles. The van der Waals surface area contributed by atoms with Gasteiger partial charge in [0.2, 0.25) is 0 Å². The van der Waals surface area contributed by atoms with Crippen LogP contribution >= 0.6 is 11.3 Å². The maximum Gasteiger partial charge on any atom is 0.0897 e. The van der Waals surface area contributed by atoms with Gasteiger partial charge in [-0.1, -0.05) is 52.0 Å². The summed E-state index contributed by atoms with van der Waals surface area (Å²) < 4.78 is 0. The van der Waals surface area contributed by atoms with Crippen LogP contribution in [0.4, 0.5) is 0 Å². The Morgan fingerprint density at radius 2 is 1.47 bits per heavy atom. The van der Waals surface area contributed by atoms with Crippen molar-refractivity contribution in [1.82, 2.24) is 4.98 Å². The molecule has 112 valence electrons. The summed E-state index contributed by atoms with van der Waals surface area (Å²) in [6.45, 7) is 18.4. The molecule has 0 spiro atoms. The molecule has 2 heteroatoms. The number of hydrogen-bond acceptors (Lipinski definition) is 2. The zero-order chi connectivity index (χ0) is 15.7. The van der Waals surface area contributed by atoms with Crippen LogP contribution in [0.5, 0.6) is 0 Å². The van der Waals surface area contributed by atoms with Gasteiger partial charge in [-0.25, -0.2) is 4.98 Å². The van der Waals surface area contributed by atoms with Crippen LogP contribution < -0.4 is 0 Å². The fraction of sp³-hybridized carbons (Fsp3) is 0.588. The first-order valence-corrected chi connectivity index (χ1v) is 7.94. The summed E-state index contributed by atoms with van der Waals surface area (Å²) in [6.07, 6.45) is 8.24. The fourth-order valence-electron chi connectivity index (χ4n) is 0.857. The quantitative estimate of drug-likeness (QED) is 0.530. The Morgan fingerprint density at radius 1 is 1.00 bits per heavy atom. The molecule has 1 nitrogen and oxygen atoms in total. The standard InChI is InChI=1S/C6H12.C5H7NS.C4H8.C2H6/c1-4-5-6(2)3;1-4-3-7-5(2)6-4;1-3-4-2;1-2/h4-6H,1-3H3;3H,1-2H3;3-4H,1-2H3;1-2H3/b5-4-;;4-3+;. The Kier molecular flexibility index (Phi) is 23.8. The number of nitrogens with zero attached hydrogens (tertiary/aromatic N) is 1. The molecule has 0 aromatic carbocycles. The van der Waals surface area contributed by atoms with Crippen molar-refractivity contribution in [2.75, 3.05) is 0 Å². The Labute approximate surface area is 125 Å². The van der Waals surface area contributed by atoms with Crippen LogP contribution in [-0.2, 0) is 0 Å². The predicted molar refractivity (Wildman–Crippen MR) is 93.1 cm³/mol. The lowest BCUT2D eigenvalue weighted by atomic mass is 10.2. The molecule has 0 unspecified atom stereocenters. The molecule has 0 amide bonds. The molecule has 0 fully saturated rings. The molecule has 19 heavy (non-hydrogen) atoms. The minimum atomic E-state index is 0.718. The number of hydrogen-bond donors (Lipinski definition) is 0. The molecule has 0 aliphatic heterocycles. The van der Waals surface area contributed by atoms with Gasteiger partial charge in [0.05, 0.1) is 5.01 Å². The average Bonchev–Trinajstić information content (AvgIpc) is 2.76. The summed E-state index contributed by atoms with van der Waals surface area (Å²) in [5, 5.41) is 3.20. The zero-order valence-corrected chi connectivity index (χ0v) is 15.1. The summed E-state index contributed by atoms with van der Waals surface area (Å²) in [5.41, 5.74) is 1.13. The lowest BCUT2D eigenvalue weighted by Gasteiger charge is -1.86. The molecule has 0 radical (unpaired) electrons. The van der Waals surface area contributed by atoms with Crippen LogP contribution in [0.2, 0.25) is 0 Å². The number of aromatic nitrogens is 1. The van der Waals surface area contributed by atoms with Crippen LogP contribution in [0.3, 0.4) is 0 Å². The highest BCUT2D eigenvalue weighted by Gasteiger charge is 1.86. The third-order valence-electron chi connectivity index (χ3n) is 1.64. The van der Waals surface area contributed by atoms with Gasteiger partial charge in [-0.15, -0.1) is 11.3 Å². The van der Waals surface area contributed by atoms with Gasteiger partial charge < -0.3 is 0 Å². The highest BCUT2D eigenvalue weighted by atomic mass is 32.1. The number of thiazole rings is 1. The van der Waals surface area contributed by atoms with Crippen LogP contribution in [0.25, 0.3) is 0 Å². The van der Waals surface area contributed by atoms with Crippen LogP contribution in [-0.4, -0.2) is 4.98 Å². The third-order valence-corrected chi connectivity index (χ3v) is 2.54. The molecule has 0 aliphatic carbocycles. The van der Waals surface area contributed by atoms with Gasteiger partial charge in [-0.3, -0.25) is 0 Å². The summed E-state index contributed by atoms with van der Waals surface area (Å²) in [4.78, 5) is 4.13. The average molecular weight is 284 g/mol. The SMILES string of the molecule is C/C=C/C.C/C=C\C(C)C.CC.Cc1csc(C)n1. The smallest absolute Gasteiger partial charge is 0.0897 e. The van der Waals surface area contributed by atoms with E-state index in [-0.39, 0.29) is 0 Å². The van der Waals surface area contributed by atoms with E-state index in [0.29, 0.717) is 0 Å². The van der Waals surface area contributed by atoms with Crippen molar-refractivity contribution in [2.45, 2.75) is 62.3 Å². The second kappa shape index (κ2) is 19.4. The molecular weight excluding hydrogens is 250 g/mol. The molecule has 1 heterocycles. The summed E-state index contributed by atoms with van der Waals surface area (Å²) in [5.74, 6) is 0.718. The summed E-state index contributed by atoms with van der Waals surface area (Å²) >= 11 is 1.69. The third kappa shape index (κ3) is 26.6. The number of aryl methyl sites for hydroxylation is 2. The van der Waals surface area contributed by atoms with Gasteiger partial charge in [0, 0.05) is 11.1 Å². The van der Waals surface area contributed by atoms with Crippen molar-refractivity contribution in [1.29, 1.82) is 0 Å². The van der Waals surface area contributed by atoms with Crippen molar-refractivity contribution in [3.05, 3.63) is 40.4 Å². The van der Waals surface area contributed by atoms with E-state index in [1.54, 1.807) is 11.3 Å². The topological polar surface area (TPSA) is 12.9 Å². The molecule has 0 saturated carbocycles. The normalized spacial score (nSPS) is 9.37. The first-order chi connectivity index (χ1) is 8.97.